The van der Waals surface area contributed by atoms with Crippen LogP contribution in [0.2, 0.25) is 0 Å². The van der Waals surface area contributed by atoms with E-state index in [0.717, 1.165) is 5.56 Å². The number of carbonyl (C=O) groups is 2. The highest BCUT2D eigenvalue weighted by Gasteiger charge is 2.21. The molecule has 1 aliphatic heterocycles. The molecule has 3 aromatic carbocycles. The molecule has 0 radical (unpaired) electrons. The summed E-state index contributed by atoms with van der Waals surface area (Å²) in [5, 5.41) is 3.54. The predicted octanol–water partition coefficient (Wildman–Crippen LogP) is 5.53. The van der Waals surface area contributed by atoms with E-state index >= 15 is 0 Å². The van der Waals surface area contributed by atoms with Crippen LogP contribution < -0.4 is 10.1 Å². The Morgan fingerprint density at radius 3 is 2.62 bits per heavy atom. The summed E-state index contributed by atoms with van der Waals surface area (Å²) in [7, 11) is 0. The topological polar surface area (TPSA) is 68.3 Å². The second-order valence-electron chi connectivity index (χ2n) is 7.65. The summed E-state index contributed by atoms with van der Waals surface area (Å²) in [5.41, 5.74) is 3.73. The van der Waals surface area contributed by atoms with Gasteiger partial charge in [0, 0.05) is 28.6 Å². The Morgan fingerprint density at radius 1 is 0.969 bits per heavy atom. The number of benzene rings is 3. The first-order chi connectivity index (χ1) is 15.6. The summed E-state index contributed by atoms with van der Waals surface area (Å²) in [5.74, 6) is -0.475. The van der Waals surface area contributed by atoms with Crippen molar-refractivity contribution in [1.29, 1.82) is 0 Å². The molecule has 0 unspecified atom stereocenters. The molecule has 0 fully saturated rings. The van der Waals surface area contributed by atoms with Crippen LogP contribution in [0.5, 0.6) is 5.75 Å². The Hall–Kier alpha value is -4.06. The highest BCUT2D eigenvalue weighted by Crippen LogP contribution is 2.32. The molecule has 0 spiro atoms. The summed E-state index contributed by atoms with van der Waals surface area (Å²) in [6.07, 6.45) is 1.74. The molecule has 0 bridgehead atoms. The highest BCUT2D eigenvalue weighted by atomic mass is 19.1. The van der Waals surface area contributed by atoms with E-state index in [2.05, 4.69) is 10.3 Å². The SMILES string of the molecule is O=C1CCCc2c(cccc2OC(=O)c2cc(-c3ccc(F)cc3)nc3ccccc23)N1. The number of rotatable bonds is 3. The average Bonchev–Trinajstić information content (AvgIpc) is 3.00. The first-order valence-electron chi connectivity index (χ1n) is 10.4. The van der Waals surface area contributed by atoms with Crippen molar-refractivity contribution >= 4 is 28.5 Å². The first kappa shape index (κ1) is 19.9. The van der Waals surface area contributed by atoms with Gasteiger partial charge in [-0.3, -0.25) is 4.79 Å². The predicted molar refractivity (Wildman–Crippen MR) is 120 cm³/mol. The van der Waals surface area contributed by atoms with Crippen LogP contribution >= 0.6 is 0 Å². The fourth-order valence-corrected chi connectivity index (χ4v) is 3.94. The van der Waals surface area contributed by atoms with Crippen molar-refractivity contribution in [3.05, 3.63) is 89.7 Å². The summed E-state index contributed by atoms with van der Waals surface area (Å²) < 4.78 is 19.2. The molecular weight excluding hydrogens is 407 g/mol. The number of ether oxygens (including phenoxy) is 1. The van der Waals surface area contributed by atoms with Gasteiger partial charge in [-0.25, -0.2) is 14.2 Å². The number of para-hydroxylation sites is 1. The van der Waals surface area contributed by atoms with E-state index in [0.29, 0.717) is 58.4 Å². The van der Waals surface area contributed by atoms with Crippen molar-refractivity contribution in [2.45, 2.75) is 19.3 Å². The second-order valence-corrected chi connectivity index (χ2v) is 7.65. The maximum Gasteiger partial charge on any atom is 0.344 e. The fraction of sp³-hybridized carbons (Fsp3) is 0.115. The molecule has 158 valence electrons. The van der Waals surface area contributed by atoms with Gasteiger partial charge in [-0.05, 0) is 61.4 Å². The van der Waals surface area contributed by atoms with E-state index < -0.39 is 5.97 Å². The van der Waals surface area contributed by atoms with Crippen LogP contribution in [0.1, 0.15) is 28.8 Å². The molecule has 1 N–H and O–H groups in total. The lowest BCUT2D eigenvalue weighted by Gasteiger charge is -2.14. The van der Waals surface area contributed by atoms with Gasteiger partial charge in [0.15, 0.2) is 0 Å². The molecule has 32 heavy (non-hydrogen) atoms. The number of pyridine rings is 1. The van der Waals surface area contributed by atoms with Gasteiger partial charge >= 0.3 is 5.97 Å². The lowest BCUT2D eigenvalue weighted by Crippen LogP contribution is -2.12. The molecule has 1 aromatic heterocycles. The minimum absolute atomic E-state index is 0.0451. The van der Waals surface area contributed by atoms with Crippen molar-refractivity contribution in [1.82, 2.24) is 4.98 Å². The van der Waals surface area contributed by atoms with Crippen LogP contribution in [-0.4, -0.2) is 16.9 Å². The maximum atomic E-state index is 13.4. The Kier molecular flexibility index (Phi) is 5.11. The number of nitrogens with zero attached hydrogens (tertiary/aromatic N) is 1. The number of amides is 1. The lowest BCUT2D eigenvalue weighted by atomic mass is 10.0. The average molecular weight is 426 g/mol. The minimum Gasteiger partial charge on any atom is -0.423 e. The van der Waals surface area contributed by atoms with E-state index in [4.69, 9.17) is 4.74 Å². The smallest absolute Gasteiger partial charge is 0.344 e. The van der Waals surface area contributed by atoms with Crippen LogP contribution in [0.25, 0.3) is 22.2 Å². The van der Waals surface area contributed by atoms with E-state index in [-0.39, 0.29) is 11.7 Å². The quantitative estimate of drug-likeness (QED) is 0.345. The molecular formula is C26H19FN2O3. The van der Waals surface area contributed by atoms with Gasteiger partial charge in [-0.1, -0.05) is 24.3 Å². The van der Waals surface area contributed by atoms with Gasteiger partial charge in [0.05, 0.1) is 16.8 Å². The van der Waals surface area contributed by atoms with Crippen molar-refractivity contribution in [3.63, 3.8) is 0 Å². The number of nitrogens with one attached hydrogen (secondary N) is 1. The highest BCUT2D eigenvalue weighted by molar-refractivity contribution is 6.05. The van der Waals surface area contributed by atoms with Crippen molar-refractivity contribution in [2.24, 2.45) is 0 Å². The monoisotopic (exact) mass is 426 g/mol. The second kappa shape index (κ2) is 8.23. The third-order valence-electron chi connectivity index (χ3n) is 5.52. The zero-order chi connectivity index (χ0) is 22.1. The summed E-state index contributed by atoms with van der Waals surface area (Å²) in [4.78, 5) is 29.8. The summed E-state index contributed by atoms with van der Waals surface area (Å²) >= 11 is 0. The number of carbonyl (C=O) groups excluding carboxylic acids is 2. The largest absolute Gasteiger partial charge is 0.423 e. The zero-order valence-corrected chi connectivity index (χ0v) is 17.1. The van der Waals surface area contributed by atoms with Crippen LogP contribution in [0, 0.1) is 5.82 Å². The number of hydrogen-bond acceptors (Lipinski definition) is 4. The standard InChI is InChI=1S/C26H19FN2O3/c27-17-13-11-16(12-14-17)23-15-20(18-5-1-2-7-21(18)28-23)26(31)32-24-9-4-8-22-19(24)6-3-10-25(30)29-22/h1-2,4-5,7-9,11-15H,3,6,10H2,(H,29,30). The Bertz CT molecular complexity index is 1350. The fourth-order valence-electron chi connectivity index (χ4n) is 3.94. The molecule has 2 heterocycles. The van der Waals surface area contributed by atoms with Crippen molar-refractivity contribution < 1.29 is 18.7 Å². The normalized spacial score (nSPS) is 13.2. The van der Waals surface area contributed by atoms with Gasteiger partial charge < -0.3 is 10.1 Å². The van der Waals surface area contributed by atoms with E-state index in [1.165, 1.54) is 12.1 Å². The maximum absolute atomic E-state index is 13.4. The van der Waals surface area contributed by atoms with E-state index in [9.17, 15) is 14.0 Å². The molecule has 5 nitrogen and oxygen atoms in total. The molecule has 0 saturated carbocycles. The third-order valence-corrected chi connectivity index (χ3v) is 5.52. The van der Waals surface area contributed by atoms with Gasteiger partial charge in [0.1, 0.15) is 11.6 Å². The number of fused-ring (bicyclic) bond motifs is 2. The van der Waals surface area contributed by atoms with Crippen molar-refractivity contribution in [2.75, 3.05) is 5.32 Å². The molecule has 5 rings (SSSR count). The number of hydrogen-bond donors (Lipinski definition) is 1. The van der Waals surface area contributed by atoms with Gasteiger partial charge in [0.25, 0.3) is 0 Å². The van der Waals surface area contributed by atoms with E-state index in [1.807, 2.05) is 30.3 Å². The molecule has 6 heteroatoms. The lowest BCUT2D eigenvalue weighted by molar-refractivity contribution is -0.116. The molecule has 1 aliphatic rings. The number of esters is 1. The summed E-state index contributed by atoms with van der Waals surface area (Å²) in [6.45, 7) is 0. The number of aromatic nitrogens is 1. The van der Waals surface area contributed by atoms with Crippen LogP contribution in [-0.2, 0) is 11.2 Å². The minimum atomic E-state index is -0.518. The molecule has 0 aliphatic carbocycles. The zero-order valence-electron chi connectivity index (χ0n) is 17.1. The molecule has 1 amide bonds. The van der Waals surface area contributed by atoms with Gasteiger partial charge in [-0.15, -0.1) is 0 Å². The molecule has 0 atom stereocenters. The van der Waals surface area contributed by atoms with Crippen LogP contribution in [0.4, 0.5) is 10.1 Å². The molecule has 4 aromatic rings. The summed E-state index contributed by atoms with van der Waals surface area (Å²) in [6, 6.07) is 20.3. The Balaban J connectivity index is 1.56. The van der Waals surface area contributed by atoms with E-state index in [1.54, 1.807) is 30.3 Å². The number of halogens is 1. The molecule has 0 saturated heterocycles. The van der Waals surface area contributed by atoms with Crippen molar-refractivity contribution in [3.8, 4) is 17.0 Å². The third kappa shape index (κ3) is 3.83. The van der Waals surface area contributed by atoms with Gasteiger partial charge in [0.2, 0.25) is 5.91 Å². The van der Waals surface area contributed by atoms with Crippen LogP contribution in [0.15, 0.2) is 72.8 Å². The first-order valence-corrected chi connectivity index (χ1v) is 10.4. The Morgan fingerprint density at radius 2 is 1.78 bits per heavy atom. The number of anilines is 1. The van der Waals surface area contributed by atoms with Crippen LogP contribution in [0.3, 0.4) is 0 Å². The van der Waals surface area contributed by atoms with Gasteiger partial charge in [-0.2, -0.15) is 0 Å². The Labute approximate surface area is 183 Å².